The zero-order chi connectivity index (χ0) is 21.5. The Morgan fingerprint density at radius 3 is 2.40 bits per heavy atom. The van der Waals surface area contributed by atoms with Crippen molar-refractivity contribution in [1.29, 1.82) is 0 Å². The van der Waals surface area contributed by atoms with Crippen LogP contribution in [0.15, 0.2) is 72.8 Å². The van der Waals surface area contributed by atoms with E-state index in [0.717, 1.165) is 16.9 Å². The lowest BCUT2D eigenvalue weighted by Crippen LogP contribution is -2.27. The molecule has 0 heterocycles. The number of carbonyl (C=O) groups is 2. The molecule has 1 unspecified atom stereocenters. The molecule has 0 fully saturated rings. The fraction of sp³-hybridized carbons (Fsp3) is 0.200. The second-order valence-electron chi connectivity index (χ2n) is 7.05. The van der Waals surface area contributed by atoms with Crippen LogP contribution < -0.4 is 15.4 Å². The number of hydrogen-bond donors (Lipinski definition) is 2. The first kappa shape index (κ1) is 21.1. The van der Waals surface area contributed by atoms with Crippen LogP contribution in [0.4, 0.5) is 5.69 Å². The van der Waals surface area contributed by atoms with Gasteiger partial charge in [0.2, 0.25) is 0 Å². The molecule has 0 aromatic heterocycles. The Kier molecular flexibility index (Phi) is 6.86. The van der Waals surface area contributed by atoms with E-state index < -0.39 is 0 Å². The van der Waals surface area contributed by atoms with Crippen molar-refractivity contribution in [3.8, 4) is 5.75 Å². The van der Waals surface area contributed by atoms with Crippen molar-refractivity contribution < 1.29 is 14.3 Å². The third kappa shape index (κ3) is 5.26. The highest BCUT2D eigenvalue weighted by Gasteiger charge is 2.14. The molecule has 0 saturated heterocycles. The van der Waals surface area contributed by atoms with Gasteiger partial charge in [0.15, 0.2) is 0 Å². The zero-order valence-corrected chi connectivity index (χ0v) is 17.4. The number of aryl methyl sites for hydroxylation is 1. The van der Waals surface area contributed by atoms with Gasteiger partial charge in [-0.3, -0.25) is 9.59 Å². The molecule has 30 heavy (non-hydrogen) atoms. The average molecular weight is 402 g/mol. The normalized spacial score (nSPS) is 11.4. The lowest BCUT2D eigenvalue weighted by Gasteiger charge is -2.16. The smallest absolute Gasteiger partial charge is 0.255 e. The van der Waals surface area contributed by atoms with Crippen LogP contribution in [0.5, 0.6) is 5.75 Å². The summed E-state index contributed by atoms with van der Waals surface area (Å²) in [6, 6.07) is 21.8. The van der Waals surface area contributed by atoms with E-state index in [0.29, 0.717) is 23.4 Å². The molecule has 0 aliphatic heterocycles. The number of benzene rings is 3. The van der Waals surface area contributed by atoms with E-state index in [1.54, 1.807) is 24.3 Å². The van der Waals surface area contributed by atoms with Crippen molar-refractivity contribution in [2.45, 2.75) is 26.8 Å². The van der Waals surface area contributed by atoms with Gasteiger partial charge in [-0.2, -0.15) is 0 Å². The van der Waals surface area contributed by atoms with Crippen LogP contribution in [0.25, 0.3) is 0 Å². The summed E-state index contributed by atoms with van der Waals surface area (Å²) in [6.45, 7) is 6.34. The standard InChI is InChI=1S/C25H26N2O3/c1-4-30-22-12-8-11-20(15-22)18(3)26-25(29)21-14-13-17(2)23(16-21)27-24(28)19-9-6-5-7-10-19/h5-16,18H,4H2,1-3H3,(H,26,29)(H,27,28). The minimum absolute atomic E-state index is 0.193. The Labute approximate surface area is 177 Å². The Hall–Kier alpha value is -3.60. The lowest BCUT2D eigenvalue weighted by atomic mass is 10.1. The SMILES string of the molecule is CCOc1cccc(C(C)NC(=O)c2ccc(C)c(NC(=O)c3ccccc3)c2)c1. The quantitative estimate of drug-likeness (QED) is 0.575. The molecular weight excluding hydrogens is 376 g/mol. The van der Waals surface area contributed by atoms with Gasteiger partial charge in [0.1, 0.15) is 5.75 Å². The van der Waals surface area contributed by atoms with Gasteiger partial charge in [-0.1, -0.05) is 36.4 Å². The molecule has 154 valence electrons. The first-order valence-corrected chi connectivity index (χ1v) is 9.98. The van der Waals surface area contributed by atoms with E-state index in [2.05, 4.69) is 10.6 Å². The molecule has 0 aliphatic carbocycles. The Bertz CT molecular complexity index is 1030. The summed E-state index contributed by atoms with van der Waals surface area (Å²) in [5.41, 5.74) is 3.50. The summed E-state index contributed by atoms with van der Waals surface area (Å²) >= 11 is 0. The second kappa shape index (κ2) is 9.74. The van der Waals surface area contributed by atoms with Gasteiger partial charge in [-0.15, -0.1) is 0 Å². The number of hydrogen-bond acceptors (Lipinski definition) is 3. The monoisotopic (exact) mass is 402 g/mol. The number of ether oxygens (including phenoxy) is 1. The van der Waals surface area contributed by atoms with E-state index in [-0.39, 0.29) is 17.9 Å². The van der Waals surface area contributed by atoms with Crippen LogP contribution in [0.1, 0.15) is 51.7 Å². The maximum absolute atomic E-state index is 12.8. The Morgan fingerprint density at radius 1 is 0.900 bits per heavy atom. The predicted molar refractivity (Wildman–Crippen MR) is 119 cm³/mol. The first-order chi connectivity index (χ1) is 14.5. The highest BCUT2D eigenvalue weighted by molar-refractivity contribution is 6.05. The second-order valence-corrected chi connectivity index (χ2v) is 7.05. The highest BCUT2D eigenvalue weighted by Crippen LogP contribution is 2.21. The van der Waals surface area contributed by atoms with Crippen LogP contribution >= 0.6 is 0 Å². The van der Waals surface area contributed by atoms with Crippen molar-refractivity contribution >= 4 is 17.5 Å². The summed E-state index contributed by atoms with van der Waals surface area (Å²) in [7, 11) is 0. The van der Waals surface area contributed by atoms with Crippen molar-refractivity contribution in [1.82, 2.24) is 5.32 Å². The van der Waals surface area contributed by atoms with Gasteiger partial charge in [-0.25, -0.2) is 0 Å². The molecule has 3 aromatic carbocycles. The fourth-order valence-electron chi connectivity index (χ4n) is 3.09. The number of amides is 2. The fourth-order valence-corrected chi connectivity index (χ4v) is 3.09. The van der Waals surface area contributed by atoms with Crippen LogP contribution in [0.3, 0.4) is 0 Å². The van der Waals surface area contributed by atoms with Gasteiger partial charge >= 0.3 is 0 Å². The van der Waals surface area contributed by atoms with Gasteiger partial charge < -0.3 is 15.4 Å². The number of nitrogens with one attached hydrogen (secondary N) is 2. The maximum atomic E-state index is 12.8. The minimum atomic E-state index is -0.211. The van der Waals surface area contributed by atoms with Gasteiger partial charge in [-0.05, 0) is 68.3 Å². The molecule has 1 atom stereocenters. The molecule has 2 N–H and O–H groups in total. The first-order valence-electron chi connectivity index (χ1n) is 9.98. The summed E-state index contributed by atoms with van der Waals surface area (Å²) in [5.74, 6) is 0.356. The molecule has 5 nitrogen and oxygen atoms in total. The molecule has 0 spiro atoms. The van der Waals surface area contributed by atoms with Crippen LogP contribution in [0.2, 0.25) is 0 Å². The number of carbonyl (C=O) groups excluding carboxylic acids is 2. The van der Waals surface area contributed by atoms with Gasteiger partial charge in [0, 0.05) is 16.8 Å². The van der Waals surface area contributed by atoms with E-state index >= 15 is 0 Å². The van der Waals surface area contributed by atoms with Crippen molar-refractivity contribution in [2.75, 3.05) is 11.9 Å². The molecule has 0 bridgehead atoms. The van der Waals surface area contributed by atoms with E-state index in [9.17, 15) is 9.59 Å². The van der Waals surface area contributed by atoms with Gasteiger partial charge in [0.05, 0.1) is 12.6 Å². The third-order valence-electron chi connectivity index (χ3n) is 4.80. The Balaban J connectivity index is 1.72. The Morgan fingerprint density at radius 2 is 1.67 bits per heavy atom. The van der Waals surface area contributed by atoms with Gasteiger partial charge in [0.25, 0.3) is 11.8 Å². The third-order valence-corrected chi connectivity index (χ3v) is 4.80. The van der Waals surface area contributed by atoms with Crippen LogP contribution in [-0.4, -0.2) is 18.4 Å². The number of rotatable bonds is 7. The van der Waals surface area contributed by atoms with Crippen LogP contribution in [-0.2, 0) is 0 Å². The highest BCUT2D eigenvalue weighted by atomic mass is 16.5. The number of anilines is 1. The molecule has 0 radical (unpaired) electrons. The van der Waals surface area contributed by atoms with E-state index in [4.69, 9.17) is 4.74 Å². The van der Waals surface area contributed by atoms with E-state index in [1.165, 1.54) is 0 Å². The average Bonchev–Trinajstić information content (AvgIpc) is 2.76. The molecular formula is C25H26N2O3. The van der Waals surface area contributed by atoms with E-state index in [1.807, 2.05) is 69.3 Å². The molecule has 0 saturated carbocycles. The molecule has 5 heteroatoms. The molecule has 0 aliphatic rings. The predicted octanol–water partition coefficient (Wildman–Crippen LogP) is 5.14. The van der Waals surface area contributed by atoms with Crippen LogP contribution in [0, 0.1) is 6.92 Å². The largest absolute Gasteiger partial charge is 0.494 e. The topological polar surface area (TPSA) is 67.4 Å². The molecule has 3 rings (SSSR count). The summed E-state index contributed by atoms with van der Waals surface area (Å²) < 4.78 is 5.54. The minimum Gasteiger partial charge on any atom is -0.494 e. The zero-order valence-electron chi connectivity index (χ0n) is 17.4. The molecule has 3 aromatic rings. The van der Waals surface area contributed by atoms with Crippen molar-refractivity contribution in [3.05, 3.63) is 95.1 Å². The van der Waals surface area contributed by atoms with Crippen molar-refractivity contribution in [3.63, 3.8) is 0 Å². The molecule has 2 amide bonds. The summed E-state index contributed by atoms with van der Waals surface area (Å²) in [6.07, 6.45) is 0. The maximum Gasteiger partial charge on any atom is 0.255 e. The van der Waals surface area contributed by atoms with Crippen molar-refractivity contribution in [2.24, 2.45) is 0 Å². The summed E-state index contributed by atoms with van der Waals surface area (Å²) in [4.78, 5) is 25.3. The summed E-state index contributed by atoms with van der Waals surface area (Å²) in [5, 5.41) is 5.90. The lowest BCUT2D eigenvalue weighted by molar-refractivity contribution is 0.0938.